The minimum absolute atomic E-state index is 0.180. The van der Waals surface area contributed by atoms with Crippen molar-refractivity contribution < 1.29 is 19.3 Å². The number of aromatic carboxylic acids is 1. The Morgan fingerprint density at radius 1 is 1.33 bits per heavy atom. The normalized spacial score (nSPS) is 16.8. The number of hydrogen-bond acceptors (Lipinski definition) is 6. The molecule has 15 heavy (non-hydrogen) atoms. The molecule has 0 spiro atoms. The van der Waals surface area contributed by atoms with Gasteiger partial charge < -0.3 is 10.0 Å². The Balaban J connectivity index is 2.19. The summed E-state index contributed by atoms with van der Waals surface area (Å²) < 4.78 is 4.38. The van der Waals surface area contributed by atoms with Crippen LogP contribution in [0.15, 0.2) is 4.63 Å². The molecule has 1 fully saturated rings. The van der Waals surface area contributed by atoms with Crippen LogP contribution in [0.1, 0.15) is 23.3 Å². The van der Waals surface area contributed by atoms with Gasteiger partial charge in [0.1, 0.15) is 5.78 Å². The van der Waals surface area contributed by atoms with Gasteiger partial charge in [-0.25, -0.2) is 9.42 Å². The fraction of sp³-hybridized carbons (Fsp3) is 0.500. The zero-order chi connectivity index (χ0) is 10.8. The maximum Gasteiger partial charge on any atom is 0.362 e. The van der Waals surface area contributed by atoms with Gasteiger partial charge in [0.05, 0.1) is 0 Å². The number of carbonyl (C=O) groups is 2. The smallest absolute Gasteiger partial charge is 0.362 e. The van der Waals surface area contributed by atoms with E-state index in [-0.39, 0.29) is 17.3 Å². The van der Waals surface area contributed by atoms with Gasteiger partial charge in [0.2, 0.25) is 11.5 Å². The first-order valence-electron chi connectivity index (χ1n) is 4.51. The first-order chi connectivity index (χ1) is 7.18. The Morgan fingerprint density at radius 2 is 2.00 bits per heavy atom. The largest absolute Gasteiger partial charge is 0.476 e. The van der Waals surface area contributed by atoms with Gasteiger partial charge in [-0.05, 0) is 10.3 Å². The van der Waals surface area contributed by atoms with Gasteiger partial charge in [-0.15, -0.1) is 0 Å². The summed E-state index contributed by atoms with van der Waals surface area (Å²) in [5.41, 5.74) is -0.204. The Hall–Kier alpha value is -1.92. The SMILES string of the molecule is O=C1CCN(c2nonc2C(=O)O)CC1. The summed E-state index contributed by atoms with van der Waals surface area (Å²) in [4.78, 5) is 23.4. The molecule has 0 saturated carbocycles. The molecule has 80 valence electrons. The summed E-state index contributed by atoms with van der Waals surface area (Å²) in [5, 5.41) is 15.6. The molecule has 0 aliphatic carbocycles. The van der Waals surface area contributed by atoms with Crippen LogP contribution in [0.3, 0.4) is 0 Å². The highest BCUT2D eigenvalue weighted by Gasteiger charge is 2.25. The summed E-state index contributed by atoms with van der Waals surface area (Å²) >= 11 is 0. The van der Waals surface area contributed by atoms with Crippen LogP contribution in [-0.2, 0) is 4.79 Å². The second-order valence-electron chi connectivity index (χ2n) is 3.27. The molecule has 2 rings (SSSR count). The lowest BCUT2D eigenvalue weighted by molar-refractivity contribution is -0.119. The maximum atomic E-state index is 11.0. The number of carboxylic acids is 1. The quantitative estimate of drug-likeness (QED) is 0.731. The van der Waals surface area contributed by atoms with Crippen LogP contribution in [0.25, 0.3) is 0 Å². The molecule has 2 heterocycles. The third kappa shape index (κ3) is 1.80. The number of carboxylic acid groups (broad SMARTS) is 1. The number of hydrogen-bond donors (Lipinski definition) is 1. The molecule has 1 aliphatic heterocycles. The van der Waals surface area contributed by atoms with Crippen molar-refractivity contribution in [1.29, 1.82) is 0 Å². The predicted molar refractivity (Wildman–Crippen MR) is 47.7 cm³/mol. The summed E-state index contributed by atoms with van der Waals surface area (Å²) in [6.07, 6.45) is 0.817. The molecule has 1 aromatic rings. The molecular formula is C8H9N3O4. The van der Waals surface area contributed by atoms with E-state index >= 15 is 0 Å². The molecule has 0 atom stereocenters. The topological polar surface area (TPSA) is 96.5 Å². The van der Waals surface area contributed by atoms with Crippen LogP contribution in [0.2, 0.25) is 0 Å². The van der Waals surface area contributed by atoms with Crippen LogP contribution in [0.5, 0.6) is 0 Å². The average Bonchev–Trinajstić information content (AvgIpc) is 2.67. The zero-order valence-electron chi connectivity index (χ0n) is 7.84. The monoisotopic (exact) mass is 211 g/mol. The first kappa shape index (κ1) is 9.63. The number of rotatable bonds is 2. The number of anilines is 1. The second kappa shape index (κ2) is 3.68. The van der Waals surface area contributed by atoms with E-state index in [4.69, 9.17) is 5.11 Å². The Bertz CT molecular complexity index is 390. The average molecular weight is 211 g/mol. The summed E-state index contributed by atoms with van der Waals surface area (Å²) in [5.74, 6) is -0.794. The van der Waals surface area contributed by atoms with Crippen molar-refractivity contribution in [3.05, 3.63) is 5.69 Å². The summed E-state index contributed by atoms with van der Waals surface area (Å²) in [6.45, 7) is 0.931. The van der Waals surface area contributed by atoms with Gasteiger partial charge >= 0.3 is 5.97 Å². The number of Topliss-reactive ketones (excluding diaryl/α,β-unsaturated/α-hetero) is 1. The molecule has 1 saturated heterocycles. The standard InChI is InChI=1S/C8H9N3O4/c12-5-1-3-11(4-2-5)7-6(8(13)14)9-15-10-7/h1-4H2,(H,13,14). The van der Waals surface area contributed by atoms with E-state index in [9.17, 15) is 9.59 Å². The van der Waals surface area contributed by atoms with Gasteiger partial charge in [-0.2, -0.15) is 0 Å². The highest BCUT2D eigenvalue weighted by atomic mass is 16.6. The molecule has 0 bridgehead atoms. The molecule has 0 unspecified atom stereocenters. The van der Waals surface area contributed by atoms with E-state index in [1.54, 1.807) is 4.90 Å². The third-order valence-electron chi connectivity index (χ3n) is 2.29. The minimum atomic E-state index is -1.18. The number of carbonyl (C=O) groups excluding carboxylic acids is 1. The molecule has 1 aromatic heterocycles. The zero-order valence-corrected chi connectivity index (χ0v) is 7.84. The lowest BCUT2D eigenvalue weighted by Crippen LogP contribution is -2.34. The number of ketones is 1. The van der Waals surface area contributed by atoms with Crippen molar-refractivity contribution in [2.75, 3.05) is 18.0 Å². The molecular weight excluding hydrogens is 202 g/mol. The third-order valence-corrected chi connectivity index (χ3v) is 2.29. The highest BCUT2D eigenvalue weighted by Crippen LogP contribution is 2.19. The van der Waals surface area contributed by atoms with E-state index in [0.717, 1.165) is 0 Å². The van der Waals surface area contributed by atoms with Gasteiger partial charge in [0.25, 0.3) is 0 Å². The molecule has 0 amide bonds. The van der Waals surface area contributed by atoms with Gasteiger partial charge in [0, 0.05) is 25.9 Å². The fourth-order valence-electron chi connectivity index (χ4n) is 1.49. The van der Waals surface area contributed by atoms with Crippen LogP contribution in [0, 0.1) is 0 Å². The van der Waals surface area contributed by atoms with Crippen LogP contribution < -0.4 is 4.90 Å². The Morgan fingerprint density at radius 3 is 2.60 bits per heavy atom. The van der Waals surface area contributed by atoms with Gasteiger partial charge in [-0.1, -0.05) is 0 Å². The van der Waals surface area contributed by atoms with Crippen LogP contribution in [0.4, 0.5) is 5.82 Å². The lowest BCUT2D eigenvalue weighted by atomic mass is 10.1. The second-order valence-corrected chi connectivity index (χ2v) is 3.27. The van der Waals surface area contributed by atoms with Crippen molar-refractivity contribution in [3.8, 4) is 0 Å². The van der Waals surface area contributed by atoms with E-state index < -0.39 is 5.97 Å². The Kier molecular flexibility index (Phi) is 2.36. The van der Waals surface area contributed by atoms with Crippen molar-refractivity contribution in [3.63, 3.8) is 0 Å². The van der Waals surface area contributed by atoms with Crippen molar-refractivity contribution in [2.45, 2.75) is 12.8 Å². The minimum Gasteiger partial charge on any atom is -0.476 e. The van der Waals surface area contributed by atoms with E-state index in [1.165, 1.54) is 0 Å². The fourth-order valence-corrected chi connectivity index (χ4v) is 1.49. The molecule has 1 aliphatic rings. The summed E-state index contributed by atoms with van der Waals surface area (Å²) in [7, 11) is 0. The van der Waals surface area contributed by atoms with Crippen molar-refractivity contribution in [2.24, 2.45) is 0 Å². The molecule has 7 heteroatoms. The van der Waals surface area contributed by atoms with E-state index in [0.29, 0.717) is 25.9 Å². The maximum absolute atomic E-state index is 11.0. The van der Waals surface area contributed by atoms with E-state index in [1.807, 2.05) is 0 Å². The van der Waals surface area contributed by atoms with Gasteiger partial charge in [-0.3, -0.25) is 4.79 Å². The van der Waals surface area contributed by atoms with Crippen molar-refractivity contribution in [1.82, 2.24) is 10.3 Å². The van der Waals surface area contributed by atoms with Crippen LogP contribution in [-0.4, -0.2) is 40.3 Å². The molecule has 0 aromatic carbocycles. The number of nitrogens with zero attached hydrogens (tertiary/aromatic N) is 3. The molecule has 0 radical (unpaired) electrons. The number of aromatic nitrogens is 2. The van der Waals surface area contributed by atoms with Gasteiger partial charge in [0.15, 0.2) is 0 Å². The lowest BCUT2D eigenvalue weighted by Gasteiger charge is -2.24. The molecule has 1 N–H and O–H groups in total. The van der Waals surface area contributed by atoms with Crippen molar-refractivity contribution >= 4 is 17.6 Å². The van der Waals surface area contributed by atoms with E-state index in [2.05, 4.69) is 14.9 Å². The Labute approximate surface area is 84.6 Å². The van der Waals surface area contributed by atoms with Crippen LogP contribution >= 0.6 is 0 Å². The number of piperidine rings is 1. The highest BCUT2D eigenvalue weighted by molar-refractivity contribution is 5.91. The summed E-state index contributed by atoms with van der Waals surface area (Å²) in [6, 6.07) is 0. The first-order valence-corrected chi connectivity index (χ1v) is 4.51. The molecule has 7 nitrogen and oxygen atoms in total. The predicted octanol–water partition coefficient (Wildman–Crippen LogP) is -0.0629.